The van der Waals surface area contributed by atoms with Crippen LogP contribution in [0.2, 0.25) is 0 Å². The number of nitrogens with zero attached hydrogens (tertiary/aromatic N) is 1. The number of esters is 1. The highest BCUT2D eigenvalue weighted by atomic mass is 32.2. The van der Waals surface area contributed by atoms with Crippen LogP contribution in [0.3, 0.4) is 0 Å². The smallest absolute Gasteiger partial charge is 0.322 e. The number of ether oxygens (including phenoxy) is 1. The van der Waals surface area contributed by atoms with Gasteiger partial charge in [0.15, 0.2) is 5.75 Å². The Balaban J connectivity index is 2.83. The fraction of sp³-hybridized carbons (Fsp3) is 0.909. The Morgan fingerprint density at radius 2 is 2.11 bits per heavy atom. The van der Waals surface area contributed by atoms with Gasteiger partial charge in [-0.25, -0.2) is 8.42 Å². The first-order chi connectivity index (χ1) is 8.42. The zero-order chi connectivity index (χ0) is 13.8. The van der Waals surface area contributed by atoms with Crippen molar-refractivity contribution < 1.29 is 17.9 Å². The SMILES string of the molecule is CCOC(=O)CS(=O)(=O)N1C(C)CCCC1CN. The molecule has 0 amide bonds. The maximum absolute atomic E-state index is 12.2. The van der Waals surface area contributed by atoms with Gasteiger partial charge in [-0.05, 0) is 26.7 Å². The van der Waals surface area contributed by atoms with Crippen molar-refractivity contribution in [2.24, 2.45) is 5.73 Å². The highest BCUT2D eigenvalue weighted by Gasteiger charge is 2.37. The maximum atomic E-state index is 12.2. The lowest BCUT2D eigenvalue weighted by Gasteiger charge is -2.38. The second-order valence-corrected chi connectivity index (χ2v) is 6.43. The van der Waals surface area contributed by atoms with E-state index in [1.54, 1.807) is 6.92 Å². The highest BCUT2D eigenvalue weighted by molar-refractivity contribution is 7.89. The quantitative estimate of drug-likeness (QED) is 0.719. The Labute approximate surface area is 109 Å². The average molecular weight is 278 g/mol. The average Bonchev–Trinajstić information content (AvgIpc) is 2.27. The normalized spacial score (nSPS) is 25.9. The molecule has 7 heteroatoms. The Morgan fingerprint density at radius 3 is 2.67 bits per heavy atom. The molecule has 2 unspecified atom stereocenters. The van der Waals surface area contributed by atoms with Crippen LogP contribution >= 0.6 is 0 Å². The van der Waals surface area contributed by atoms with Gasteiger partial charge in [-0.3, -0.25) is 4.79 Å². The highest BCUT2D eigenvalue weighted by Crippen LogP contribution is 2.25. The number of rotatable bonds is 5. The van der Waals surface area contributed by atoms with E-state index in [9.17, 15) is 13.2 Å². The fourth-order valence-electron chi connectivity index (χ4n) is 2.41. The summed E-state index contributed by atoms with van der Waals surface area (Å²) in [6.07, 6.45) is 2.52. The third-order valence-corrected chi connectivity index (χ3v) is 5.05. The predicted octanol–water partition coefficient (Wildman–Crippen LogP) is 0.0810. The molecular weight excluding hydrogens is 256 g/mol. The number of sulfonamides is 1. The van der Waals surface area contributed by atoms with Gasteiger partial charge in [0.2, 0.25) is 10.0 Å². The van der Waals surface area contributed by atoms with Crippen LogP contribution in [-0.2, 0) is 19.6 Å². The summed E-state index contributed by atoms with van der Waals surface area (Å²) in [6.45, 7) is 3.97. The molecule has 0 aromatic heterocycles. The largest absolute Gasteiger partial charge is 0.465 e. The molecule has 0 aromatic carbocycles. The monoisotopic (exact) mass is 278 g/mol. The zero-order valence-electron chi connectivity index (χ0n) is 11.0. The van der Waals surface area contributed by atoms with E-state index in [4.69, 9.17) is 10.5 Å². The molecule has 2 N–H and O–H groups in total. The third-order valence-electron chi connectivity index (χ3n) is 3.15. The Hall–Kier alpha value is -0.660. The van der Waals surface area contributed by atoms with Gasteiger partial charge in [0.25, 0.3) is 0 Å². The molecule has 0 aromatic rings. The third kappa shape index (κ3) is 3.66. The summed E-state index contributed by atoms with van der Waals surface area (Å²) in [5.41, 5.74) is 5.62. The van der Waals surface area contributed by atoms with Gasteiger partial charge in [0.05, 0.1) is 6.61 Å². The second kappa shape index (κ2) is 6.49. The summed E-state index contributed by atoms with van der Waals surface area (Å²) in [4.78, 5) is 11.3. The van der Waals surface area contributed by atoms with Crippen LogP contribution in [0.25, 0.3) is 0 Å². The molecule has 0 aliphatic carbocycles. The summed E-state index contributed by atoms with van der Waals surface area (Å²) in [7, 11) is -3.64. The zero-order valence-corrected chi connectivity index (χ0v) is 11.8. The minimum absolute atomic E-state index is 0.105. The summed E-state index contributed by atoms with van der Waals surface area (Å²) in [5.74, 6) is -1.30. The Kier molecular flexibility index (Phi) is 5.55. The van der Waals surface area contributed by atoms with E-state index in [1.807, 2.05) is 6.92 Å². The van der Waals surface area contributed by atoms with Crippen molar-refractivity contribution >= 4 is 16.0 Å². The molecule has 18 heavy (non-hydrogen) atoms. The second-order valence-electron chi connectivity index (χ2n) is 4.56. The van der Waals surface area contributed by atoms with Crippen molar-refractivity contribution in [2.75, 3.05) is 18.9 Å². The first-order valence-corrected chi connectivity index (χ1v) is 7.90. The van der Waals surface area contributed by atoms with Crippen LogP contribution in [0.15, 0.2) is 0 Å². The molecule has 0 saturated carbocycles. The van der Waals surface area contributed by atoms with Crippen molar-refractivity contribution in [1.29, 1.82) is 0 Å². The molecule has 0 radical (unpaired) electrons. The fourth-order valence-corrected chi connectivity index (χ4v) is 4.24. The number of hydrogen-bond acceptors (Lipinski definition) is 5. The van der Waals surface area contributed by atoms with Crippen molar-refractivity contribution in [3.05, 3.63) is 0 Å². The standard InChI is InChI=1S/C11H22N2O4S/c1-3-17-11(14)8-18(15,16)13-9(2)5-4-6-10(13)7-12/h9-10H,3-8,12H2,1-2H3. The molecule has 2 atom stereocenters. The van der Waals surface area contributed by atoms with Crippen molar-refractivity contribution in [3.63, 3.8) is 0 Å². The first kappa shape index (κ1) is 15.4. The van der Waals surface area contributed by atoms with E-state index in [0.29, 0.717) is 0 Å². The number of carbonyl (C=O) groups excluding carboxylic acids is 1. The predicted molar refractivity (Wildman–Crippen MR) is 68.4 cm³/mol. The Bertz CT molecular complexity index is 383. The summed E-state index contributed by atoms with van der Waals surface area (Å²) >= 11 is 0. The van der Waals surface area contributed by atoms with Gasteiger partial charge < -0.3 is 10.5 Å². The summed E-state index contributed by atoms with van der Waals surface area (Å²) in [5, 5.41) is 0. The van der Waals surface area contributed by atoms with E-state index in [1.165, 1.54) is 4.31 Å². The topological polar surface area (TPSA) is 89.7 Å². The van der Waals surface area contributed by atoms with Crippen molar-refractivity contribution in [3.8, 4) is 0 Å². The molecule has 1 aliphatic rings. The molecule has 1 rings (SSSR count). The van der Waals surface area contributed by atoms with Crippen LogP contribution in [-0.4, -0.2) is 49.7 Å². The number of piperidine rings is 1. The van der Waals surface area contributed by atoms with E-state index < -0.39 is 21.7 Å². The molecule has 1 fully saturated rings. The molecule has 0 spiro atoms. The van der Waals surface area contributed by atoms with E-state index in [2.05, 4.69) is 0 Å². The van der Waals surface area contributed by atoms with E-state index in [-0.39, 0.29) is 25.2 Å². The molecular formula is C11H22N2O4S. The van der Waals surface area contributed by atoms with E-state index >= 15 is 0 Å². The van der Waals surface area contributed by atoms with Crippen LogP contribution in [0.1, 0.15) is 33.1 Å². The van der Waals surface area contributed by atoms with Crippen LogP contribution in [0, 0.1) is 0 Å². The molecule has 0 bridgehead atoms. The van der Waals surface area contributed by atoms with Crippen LogP contribution < -0.4 is 5.73 Å². The molecule has 1 saturated heterocycles. The van der Waals surface area contributed by atoms with Gasteiger partial charge in [0.1, 0.15) is 0 Å². The van der Waals surface area contributed by atoms with Crippen LogP contribution in [0.4, 0.5) is 0 Å². The number of nitrogens with two attached hydrogens (primary N) is 1. The van der Waals surface area contributed by atoms with Gasteiger partial charge in [-0.1, -0.05) is 6.42 Å². The summed E-state index contributed by atoms with van der Waals surface area (Å²) in [6, 6.07) is -0.306. The summed E-state index contributed by atoms with van der Waals surface area (Å²) < 4.78 is 30.5. The maximum Gasteiger partial charge on any atom is 0.322 e. The molecule has 106 valence electrons. The first-order valence-electron chi connectivity index (χ1n) is 6.29. The molecule has 1 aliphatic heterocycles. The lowest BCUT2D eigenvalue weighted by molar-refractivity contribution is -0.140. The Morgan fingerprint density at radius 1 is 1.44 bits per heavy atom. The van der Waals surface area contributed by atoms with Crippen molar-refractivity contribution in [1.82, 2.24) is 4.31 Å². The van der Waals surface area contributed by atoms with Gasteiger partial charge in [0, 0.05) is 18.6 Å². The molecule has 1 heterocycles. The van der Waals surface area contributed by atoms with Gasteiger partial charge in [-0.2, -0.15) is 4.31 Å². The van der Waals surface area contributed by atoms with Crippen molar-refractivity contribution in [2.45, 2.75) is 45.2 Å². The lowest BCUT2D eigenvalue weighted by atomic mass is 10.00. The van der Waals surface area contributed by atoms with E-state index in [0.717, 1.165) is 19.3 Å². The molecule has 6 nitrogen and oxygen atoms in total. The minimum atomic E-state index is -3.64. The van der Waals surface area contributed by atoms with Crippen LogP contribution in [0.5, 0.6) is 0 Å². The number of hydrogen-bond donors (Lipinski definition) is 1. The van der Waals surface area contributed by atoms with Gasteiger partial charge in [-0.15, -0.1) is 0 Å². The lowest BCUT2D eigenvalue weighted by Crippen LogP contribution is -2.53. The number of carbonyl (C=O) groups is 1. The van der Waals surface area contributed by atoms with Gasteiger partial charge >= 0.3 is 5.97 Å². The minimum Gasteiger partial charge on any atom is -0.465 e.